The van der Waals surface area contributed by atoms with Crippen LogP contribution in [-0.2, 0) is 0 Å². The Hall–Kier alpha value is -0.310. The molecule has 0 unspecified atom stereocenters. The molecule has 0 saturated heterocycles. The molecule has 0 bridgehead atoms. The van der Waals surface area contributed by atoms with Gasteiger partial charge < -0.3 is 10.6 Å². The SMILES string of the molecule is CNC(=S)NCCCC1CC1. The van der Waals surface area contributed by atoms with Crippen molar-refractivity contribution in [2.75, 3.05) is 13.6 Å². The van der Waals surface area contributed by atoms with Crippen LogP contribution in [0.1, 0.15) is 25.7 Å². The van der Waals surface area contributed by atoms with Gasteiger partial charge in [0.1, 0.15) is 0 Å². The molecule has 1 aliphatic carbocycles. The highest BCUT2D eigenvalue weighted by Gasteiger charge is 2.19. The summed E-state index contributed by atoms with van der Waals surface area (Å²) < 4.78 is 0. The van der Waals surface area contributed by atoms with Crippen LogP contribution in [-0.4, -0.2) is 18.7 Å². The van der Waals surface area contributed by atoms with Crippen molar-refractivity contribution in [2.45, 2.75) is 25.7 Å². The van der Waals surface area contributed by atoms with Crippen molar-refractivity contribution in [3.63, 3.8) is 0 Å². The van der Waals surface area contributed by atoms with Gasteiger partial charge in [0, 0.05) is 13.6 Å². The summed E-state index contributed by atoms with van der Waals surface area (Å²) in [6, 6.07) is 0. The van der Waals surface area contributed by atoms with Gasteiger partial charge in [-0.2, -0.15) is 0 Å². The van der Waals surface area contributed by atoms with Gasteiger partial charge in [-0.1, -0.05) is 12.8 Å². The Morgan fingerprint density at radius 2 is 2.27 bits per heavy atom. The number of nitrogens with one attached hydrogen (secondary N) is 2. The molecule has 64 valence electrons. The Bertz CT molecular complexity index is 132. The van der Waals surface area contributed by atoms with Crippen molar-refractivity contribution in [2.24, 2.45) is 5.92 Å². The summed E-state index contributed by atoms with van der Waals surface area (Å²) in [5.74, 6) is 1.04. The maximum absolute atomic E-state index is 4.93. The minimum atomic E-state index is 0.765. The molecular weight excluding hydrogens is 156 g/mol. The summed E-state index contributed by atoms with van der Waals surface area (Å²) in [6.45, 7) is 1.02. The van der Waals surface area contributed by atoms with Crippen LogP contribution in [0.2, 0.25) is 0 Å². The van der Waals surface area contributed by atoms with Gasteiger partial charge >= 0.3 is 0 Å². The van der Waals surface area contributed by atoms with E-state index in [-0.39, 0.29) is 0 Å². The third kappa shape index (κ3) is 4.19. The Balaban J connectivity index is 1.82. The summed E-state index contributed by atoms with van der Waals surface area (Å²) in [6.07, 6.45) is 5.54. The molecule has 0 aromatic carbocycles. The van der Waals surface area contributed by atoms with Crippen molar-refractivity contribution in [1.29, 1.82) is 0 Å². The predicted octanol–water partition coefficient (Wildman–Crippen LogP) is 1.27. The second-order valence-electron chi connectivity index (χ2n) is 3.09. The Labute approximate surface area is 73.7 Å². The minimum absolute atomic E-state index is 0.765. The van der Waals surface area contributed by atoms with E-state index in [1.165, 1.54) is 25.7 Å². The first-order valence-corrected chi connectivity index (χ1v) is 4.69. The fraction of sp³-hybridized carbons (Fsp3) is 0.875. The summed E-state index contributed by atoms with van der Waals surface area (Å²) >= 11 is 4.93. The molecule has 0 spiro atoms. The van der Waals surface area contributed by atoms with Gasteiger partial charge in [-0.3, -0.25) is 0 Å². The molecule has 11 heavy (non-hydrogen) atoms. The highest BCUT2D eigenvalue weighted by atomic mass is 32.1. The Kier molecular flexibility index (Phi) is 3.63. The molecule has 0 atom stereocenters. The van der Waals surface area contributed by atoms with Crippen LogP contribution in [0.25, 0.3) is 0 Å². The molecule has 1 aliphatic rings. The van der Waals surface area contributed by atoms with Crippen molar-refractivity contribution in [1.82, 2.24) is 10.6 Å². The number of hydrogen-bond acceptors (Lipinski definition) is 1. The Morgan fingerprint density at radius 1 is 1.55 bits per heavy atom. The van der Waals surface area contributed by atoms with Crippen molar-refractivity contribution in [3.05, 3.63) is 0 Å². The third-order valence-electron chi connectivity index (χ3n) is 2.00. The number of hydrogen-bond donors (Lipinski definition) is 2. The summed E-state index contributed by atoms with van der Waals surface area (Å²) in [5.41, 5.74) is 0. The maximum atomic E-state index is 4.93. The van der Waals surface area contributed by atoms with Gasteiger partial charge in [-0.25, -0.2) is 0 Å². The summed E-state index contributed by atoms with van der Waals surface area (Å²) in [5, 5.41) is 6.79. The molecule has 2 nitrogen and oxygen atoms in total. The highest BCUT2D eigenvalue weighted by Crippen LogP contribution is 2.33. The molecule has 1 fully saturated rings. The largest absolute Gasteiger partial charge is 0.366 e. The summed E-state index contributed by atoms with van der Waals surface area (Å²) in [4.78, 5) is 0. The minimum Gasteiger partial charge on any atom is -0.366 e. The van der Waals surface area contributed by atoms with Gasteiger partial charge in [0.25, 0.3) is 0 Å². The lowest BCUT2D eigenvalue weighted by molar-refractivity contribution is 0.650. The van der Waals surface area contributed by atoms with E-state index in [2.05, 4.69) is 10.6 Å². The average molecular weight is 172 g/mol. The van der Waals surface area contributed by atoms with Gasteiger partial charge in [-0.05, 0) is 31.0 Å². The first-order valence-electron chi connectivity index (χ1n) is 4.28. The monoisotopic (exact) mass is 172 g/mol. The molecule has 0 aliphatic heterocycles. The van der Waals surface area contributed by atoms with Crippen LogP contribution in [0.4, 0.5) is 0 Å². The molecule has 0 aromatic rings. The lowest BCUT2D eigenvalue weighted by atomic mass is 10.2. The molecule has 3 heteroatoms. The molecule has 1 rings (SSSR count). The average Bonchev–Trinajstić information content (AvgIpc) is 2.81. The van der Waals surface area contributed by atoms with Gasteiger partial charge in [0.2, 0.25) is 0 Å². The van der Waals surface area contributed by atoms with Gasteiger partial charge in [0.15, 0.2) is 5.11 Å². The maximum Gasteiger partial charge on any atom is 0.166 e. The van der Waals surface area contributed by atoms with E-state index in [1.54, 1.807) is 0 Å². The topological polar surface area (TPSA) is 24.1 Å². The van der Waals surface area contributed by atoms with E-state index in [9.17, 15) is 0 Å². The zero-order valence-electron chi connectivity index (χ0n) is 7.02. The standard InChI is InChI=1S/C8H16N2S/c1-9-8(11)10-6-2-3-7-4-5-7/h7H,2-6H2,1H3,(H2,9,10,11). The Morgan fingerprint density at radius 3 is 2.82 bits per heavy atom. The smallest absolute Gasteiger partial charge is 0.166 e. The van der Waals surface area contributed by atoms with Crippen LogP contribution in [0.5, 0.6) is 0 Å². The zero-order valence-corrected chi connectivity index (χ0v) is 7.84. The molecule has 1 saturated carbocycles. The van der Waals surface area contributed by atoms with E-state index in [1.807, 2.05) is 7.05 Å². The van der Waals surface area contributed by atoms with E-state index in [4.69, 9.17) is 12.2 Å². The van der Waals surface area contributed by atoms with E-state index in [0.29, 0.717) is 0 Å². The van der Waals surface area contributed by atoms with Crippen LogP contribution in [0.3, 0.4) is 0 Å². The van der Waals surface area contributed by atoms with E-state index >= 15 is 0 Å². The quantitative estimate of drug-likeness (QED) is 0.493. The molecule has 0 amide bonds. The van der Waals surface area contributed by atoms with Crippen molar-refractivity contribution < 1.29 is 0 Å². The van der Waals surface area contributed by atoms with Crippen LogP contribution < -0.4 is 10.6 Å². The molecule has 0 aromatic heterocycles. The van der Waals surface area contributed by atoms with E-state index in [0.717, 1.165) is 17.6 Å². The first-order chi connectivity index (χ1) is 5.33. The lowest BCUT2D eigenvalue weighted by Crippen LogP contribution is -2.32. The number of thiocarbonyl (C=S) groups is 1. The van der Waals surface area contributed by atoms with Crippen LogP contribution >= 0.6 is 12.2 Å². The third-order valence-corrected chi connectivity index (χ3v) is 2.35. The van der Waals surface area contributed by atoms with Crippen LogP contribution in [0.15, 0.2) is 0 Å². The molecule has 2 N–H and O–H groups in total. The first kappa shape index (κ1) is 8.78. The van der Waals surface area contributed by atoms with E-state index < -0.39 is 0 Å². The molecular formula is C8H16N2S. The normalized spacial score (nSPS) is 16.1. The molecule has 0 radical (unpaired) electrons. The lowest BCUT2D eigenvalue weighted by Gasteiger charge is -2.05. The zero-order chi connectivity index (χ0) is 8.10. The fourth-order valence-corrected chi connectivity index (χ4v) is 1.19. The van der Waals surface area contributed by atoms with Gasteiger partial charge in [0.05, 0.1) is 0 Å². The van der Waals surface area contributed by atoms with Gasteiger partial charge in [-0.15, -0.1) is 0 Å². The molecule has 0 heterocycles. The highest BCUT2D eigenvalue weighted by molar-refractivity contribution is 7.80. The van der Waals surface area contributed by atoms with Crippen LogP contribution in [0, 0.1) is 5.92 Å². The summed E-state index contributed by atoms with van der Waals surface area (Å²) in [7, 11) is 1.84. The van der Waals surface area contributed by atoms with Crippen molar-refractivity contribution in [3.8, 4) is 0 Å². The second-order valence-corrected chi connectivity index (χ2v) is 3.50. The van der Waals surface area contributed by atoms with Crippen molar-refractivity contribution >= 4 is 17.3 Å². The predicted molar refractivity (Wildman–Crippen MR) is 51.6 cm³/mol. The number of rotatable bonds is 4. The second kappa shape index (κ2) is 4.54. The fourth-order valence-electron chi connectivity index (χ4n) is 1.09.